The third-order valence-corrected chi connectivity index (χ3v) is 12.7. The lowest BCUT2D eigenvalue weighted by molar-refractivity contribution is -0.138. The summed E-state index contributed by atoms with van der Waals surface area (Å²) in [5.74, 6) is -0.447. The van der Waals surface area contributed by atoms with E-state index in [1.165, 1.54) is 27.1 Å². The number of halogens is 6. The fourth-order valence-corrected chi connectivity index (χ4v) is 8.90. The van der Waals surface area contributed by atoms with Gasteiger partial charge in [0.2, 0.25) is 0 Å². The second-order valence-electron chi connectivity index (χ2n) is 14.8. The van der Waals surface area contributed by atoms with E-state index in [9.17, 15) is 35.9 Å². The van der Waals surface area contributed by atoms with Crippen molar-refractivity contribution in [2.24, 2.45) is 11.8 Å². The number of benzene rings is 2. The van der Waals surface area contributed by atoms with Gasteiger partial charge in [0.15, 0.2) is 11.6 Å². The van der Waals surface area contributed by atoms with Crippen molar-refractivity contribution in [3.8, 4) is 11.5 Å². The molecule has 2 aliphatic heterocycles. The number of rotatable bonds is 14. The average molecular weight is 835 g/mol. The Labute approximate surface area is 333 Å². The number of nitrogens with one attached hydrogen (secondary N) is 2. The molecule has 2 aliphatic carbocycles. The summed E-state index contributed by atoms with van der Waals surface area (Å²) in [6.45, 7) is 2.28. The number of alkyl halides is 6. The molecule has 2 aromatic carbocycles. The van der Waals surface area contributed by atoms with Gasteiger partial charge in [-0.05, 0) is 75.3 Å². The van der Waals surface area contributed by atoms with Crippen molar-refractivity contribution in [3.63, 3.8) is 0 Å². The van der Waals surface area contributed by atoms with Gasteiger partial charge in [0.1, 0.15) is 11.5 Å². The zero-order chi connectivity index (χ0) is 40.6. The molecule has 56 heavy (non-hydrogen) atoms. The van der Waals surface area contributed by atoms with Crippen LogP contribution in [0.15, 0.2) is 34.1 Å². The first-order chi connectivity index (χ1) is 26.7. The normalized spacial score (nSPS) is 23.3. The van der Waals surface area contributed by atoms with E-state index in [1.807, 2.05) is 0 Å². The number of Topliss-reactive ketones (excluding diaryl/α,β-unsaturated/α-hetero) is 2. The van der Waals surface area contributed by atoms with Gasteiger partial charge in [0.05, 0.1) is 49.7 Å². The van der Waals surface area contributed by atoms with Gasteiger partial charge in [0, 0.05) is 71.8 Å². The SMILES string of the molecule is COc1cc(C(F)(F)F)cc(SC)c1C(=O)C[C@H]1COCC[C@@H]1NC1CCC1.COc1cc(C(F)(F)F)cc(SC)c1C(=O)C[C@H]1COCC[C@H]1NC1CCC1. The Hall–Kier alpha value is -2.50. The molecule has 0 amide bonds. The quantitative estimate of drug-likeness (QED) is 0.109. The van der Waals surface area contributed by atoms with Gasteiger partial charge in [-0.3, -0.25) is 9.59 Å². The summed E-state index contributed by atoms with van der Waals surface area (Å²) in [6, 6.07) is 5.28. The molecule has 0 spiro atoms. The van der Waals surface area contributed by atoms with Gasteiger partial charge in [-0.1, -0.05) is 12.8 Å². The van der Waals surface area contributed by atoms with E-state index in [0.29, 0.717) is 38.5 Å². The minimum Gasteiger partial charge on any atom is -0.496 e. The van der Waals surface area contributed by atoms with E-state index in [1.54, 1.807) is 12.5 Å². The average Bonchev–Trinajstić information content (AvgIpc) is 3.13. The molecule has 2 heterocycles. The Bertz CT molecular complexity index is 1480. The first-order valence-electron chi connectivity index (χ1n) is 19.1. The van der Waals surface area contributed by atoms with E-state index in [0.717, 1.165) is 86.3 Å². The van der Waals surface area contributed by atoms with Gasteiger partial charge in [0.25, 0.3) is 0 Å². The summed E-state index contributed by atoms with van der Waals surface area (Å²) in [5.41, 5.74) is -1.15. The van der Waals surface area contributed by atoms with Crippen molar-refractivity contribution in [2.45, 2.75) is 111 Å². The van der Waals surface area contributed by atoms with Crippen molar-refractivity contribution < 1.29 is 54.9 Å². The molecule has 8 nitrogen and oxygen atoms in total. The summed E-state index contributed by atoms with van der Waals surface area (Å²) in [4.78, 5) is 26.8. The maximum absolute atomic E-state index is 13.2. The standard InChI is InChI=1S/2C20H26F3NO3S/c2*1-26-17-9-13(20(21,22)23)10-18(28-2)19(17)16(25)8-12-11-27-7-6-15(12)24-14-4-3-5-14/h2*9-10,12,14-15,24H,3-8,11H2,1-2H3/t12-,15+;12-,15-/m00/s1. The summed E-state index contributed by atoms with van der Waals surface area (Å²) in [5, 5.41) is 7.26. The van der Waals surface area contributed by atoms with Crippen LogP contribution in [0.1, 0.15) is 96.1 Å². The second-order valence-corrected chi connectivity index (χ2v) is 16.5. The van der Waals surface area contributed by atoms with Crippen molar-refractivity contribution in [3.05, 3.63) is 46.5 Å². The van der Waals surface area contributed by atoms with E-state index < -0.39 is 23.5 Å². The maximum Gasteiger partial charge on any atom is 0.416 e. The topological polar surface area (TPSA) is 95.1 Å². The predicted octanol–water partition coefficient (Wildman–Crippen LogP) is 9.11. The third kappa shape index (κ3) is 11.4. The zero-order valence-corrected chi connectivity index (χ0v) is 33.8. The molecule has 4 atom stereocenters. The van der Waals surface area contributed by atoms with Gasteiger partial charge in [-0.25, -0.2) is 0 Å². The van der Waals surface area contributed by atoms with Crippen molar-refractivity contribution in [1.29, 1.82) is 0 Å². The first kappa shape index (κ1) is 44.6. The molecule has 2 aromatic rings. The number of carbonyl (C=O) groups is 2. The molecule has 0 aromatic heterocycles. The second kappa shape index (κ2) is 20.0. The number of ketones is 2. The highest BCUT2D eigenvalue weighted by Gasteiger charge is 2.37. The third-order valence-electron chi connectivity index (χ3n) is 11.2. The molecule has 2 N–H and O–H groups in total. The minimum atomic E-state index is -4.49. The van der Waals surface area contributed by atoms with Crippen molar-refractivity contribution in [2.75, 3.05) is 53.2 Å². The first-order valence-corrected chi connectivity index (χ1v) is 21.5. The highest BCUT2D eigenvalue weighted by Crippen LogP contribution is 2.41. The Morgan fingerprint density at radius 3 is 1.32 bits per heavy atom. The van der Waals surface area contributed by atoms with Gasteiger partial charge >= 0.3 is 12.4 Å². The van der Waals surface area contributed by atoms with Crippen molar-refractivity contribution in [1.82, 2.24) is 10.6 Å². The highest BCUT2D eigenvalue weighted by atomic mass is 32.2. The Morgan fingerprint density at radius 2 is 1.04 bits per heavy atom. The molecular weight excluding hydrogens is 783 g/mol. The number of hydrogen-bond donors (Lipinski definition) is 2. The molecule has 4 aliphatic rings. The number of hydrogen-bond acceptors (Lipinski definition) is 10. The molecule has 2 saturated heterocycles. The summed E-state index contributed by atoms with van der Waals surface area (Å²) < 4.78 is 100. The smallest absolute Gasteiger partial charge is 0.416 e. The van der Waals surface area contributed by atoms with Crippen LogP contribution in [0.3, 0.4) is 0 Å². The molecule has 312 valence electrons. The van der Waals surface area contributed by atoms with E-state index >= 15 is 0 Å². The van der Waals surface area contributed by atoms with Crippen LogP contribution < -0.4 is 20.1 Å². The monoisotopic (exact) mass is 834 g/mol. The fourth-order valence-electron chi connectivity index (χ4n) is 7.57. The summed E-state index contributed by atoms with van der Waals surface area (Å²) in [7, 11) is 2.59. The lowest BCUT2D eigenvalue weighted by Crippen LogP contribution is -2.50. The molecule has 16 heteroatoms. The fraction of sp³-hybridized carbons (Fsp3) is 0.650. The van der Waals surface area contributed by atoms with Crippen LogP contribution in [0.25, 0.3) is 0 Å². The molecule has 0 radical (unpaired) electrons. The predicted molar refractivity (Wildman–Crippen MR) is 204 cm³/mol. The molecule has 6 rings (SSSR count). The van der Waals surface area contributed by atoms with Crippen LogP contribution in [0, 0.1) is 11.8 Å². The number of carbonyl (C=O) groups excluding carboxylic acids is 2. The largest absolute Gasteiger partial charge is 0.496 e. The summed E-state index contributed by atoms with van der Waals surface area (Å²) >= 11 is 2.24. The lowest BCUT2D eigenvalue weighted by atomic mass is 9.85. The van der Waals surface area contributed by atoms with E-state index in [2.05, 4.69) is 10.6 Å². The minimum absolute atomic E-state index is 0.00329. The number of ether oxygens (including phenoxy) is 4. The van der Waals surface area contributed by atoms with E-state index in [4.69, 9.17) is 18.9 Å². The molecule has 2 saturated carbocycles. The number of thioether (sulfide) groups is 2. The zero-order valence-electron chi connectivity index (χ0n) is 32.2. The molecular formula is C40H52F6N2O6S2. The lowest BCUT2D eigenvalue weighted by Gasteiger charge is -2.38. The van der Waals surface area contributed by atoms with Gasteiger partial charge in [-0.2, -0.15) is 26.3 Å². The summed E-state index contributed by atoms with van der Waals surface area (Å²) in [6.07, 6.45) is 3.54. The van der Waals surface area contributed by atoms with Crippen LogP contribution in [0.2, 0.25) is 0 Å². The van der Waals surface area contributed by atoms with Crippen molar-refractivity contribution >= 4 is 35.1 Å². The van der Waals surface area contributed by atoms with Gasteiger partial charge in [-0.15, -0.1) is 23.5 Å². The molecule has 4 fully saturated rings. The van der Waals surface area contributed by atoms with E-state index in [-0.39, 0.29) is 80.7 Å². The van der Waals surface area contributed by atoms with Gasteiger partial charge < -0.3 is 29.6 Å². The van der Waals surface area contributed by atoms with Crippen LogP contribution in [0.4, 0.5) is 26.3 Å². The van der Waals surface area contributed by atoms with Crippen LogP contribution >= 0.6 is 23.5 Å². The van der Waals surface area contributed by atoms with Crippen LogP contribution in [0.5, 0.6) is 11.5 Å². The highest BCUT2D eigenvalue weighted by molar-refractivity contribution is 7.99. The maximum atomic E-state index is 13.2. The van der Waals surface area contributed by atoms with Crippen LogP contribution in [-0.4, -0.2) is 88.9 Å². The Morgan fingerprint density at radius 1 is 0.661 bits per heavy atom. The number of methoxy groups -OCH3 is 2. The molecule has 0 bridgehead atoms. The Balaban J connectivity index is 0.000000214. The molecule has 0 unspecified atom stereocenters. The Kier molecular flexibility index (Phi) is 15.9. The van der Waals surface area contributed by atoms with Crippen LogP contribution in [-0.2, 0) is 21.8 Å².